The Morgan fingerprint density at radius 1 is 1.33 bits per heavy atom. The molecule has 1 aliphatic heterocycles. The smallest absolute Gasteiger partial charge is 0.248 e. The van der Waals surface area contributed by atoms with Crippen molar-refractivity contribution in [2.24, 2.45) is 5.73 Å². The van der Waals surface area contributed by atoms with Gasteiger partial charge in [-0.2, -0.15) is 16.7 Å². The molecule has 5 heteroatoms. The van der Waals surface area contributed by atoms with Crippen molar-refractivity contribution in [2.75, 3.05) is 5.75 Å². The molecule has 94 valence electrons. The summed E-state index contributed by atoms with van der Waals surface area (Å²) in [5.74, 6) is 2.47. The number of hydrogen-bond acceptors (Lipinski definition) is 5. The monoisotopic (exact) mass is 261 g/mol. The highest BCUT2D eigenvalue weighted by molar-refractivity contribution is 7.99. The minimum absolute atomic E-state index is 0.334. The average Bonchev–Trinajstić information content (AvgIpc) is 3.09. The molecule has 0 radical (unpaired) electrons. The average molecular weight is 261 g/mol. The van der Waals surface area contributed by atoms with Gasteiger partial charge in [0.15, 0.2) is 5.82 Å². The van der Waals surface area contributed by atoms with Gasteiger partial charge in [0, 0.05) is 0 Å². The number of aromatic nitrogens is 2. The van der Waals surface area contributed by atoms with Crippen molar-refractivity contribution in [3.8, 4) is 0 Å². The van der Waals surface area contributed by atoms with Gasteiger partial charge < -0.3 is 10.3 Å². The predicted octanol–water partition coefficient (Wildman–Crippen LogP) is 2.69. The SMILES string of the molecule is N[C@H](c1ccccc1)c1nc(C2CCCS2)no1. The fourth-order valence-corrected chi connectivity index (χ4v) is 3.28. The number of nitrogens with zero attached hydrogens (tertiary/aromatic N) is 2. The van der Waals surface area contributed by atoms with E-state index in [-0.39, 0.29) is 6.04 Å². The van der Waals surface area contributed by atoms with Crippen LogP contribution in [0.15, 0.2) is 34.9 Å². The van der Waals surface area contributed by atoms with Gasteiger partial charge in [-0.25, -0.2) is 0 Å². The molecule has 3 rings (SSSR count). The first kappa shape index (κ1) is 11.7. The standard InChI is InChI=1S/C13H15N3OS/c14-11(9-5-2-1-3-6-9)13-15-12(16-17-13)10-7-4-8-18-10/h1-3,5-6,10-11H,4,7-8,14H2/t10?,11-/m1/s1. The molecule has 0 aliphatic carbocycles. The second-order valence-corrected chi connectivity index (χ2v) is 5.69. The number of nitrogens with two attached hydrogens (primary N) is 1. The summed E-state index contributed by atoms with van der Waals surface area (Å²) in [6.07, 6.45) is 2.36. The normalized spacial score (nSPS) is 21.1. The molecule has 4 nitrogen and oxygen atoms in total. The van der Waals surface area contributed by atoms with E-state index in [2.05, 4.69) is 10.1 Å². The van der Waals surface area contributed by atoms with Gasteiger partial charge in [0.05, 0.1) is 5.25 Å². The lowest BCUT2D eigenvalue weighted by Crippen LogP contribution is -2.12. The Balaban J connectivity index is 1.80. The van der Waals surface area contributed by atoms with Crippen molar-refractivity contribution in [1.82, 2.24) is 10.1 Å². The van der Waals surface area contributed by atoms with Gasteiger partial charge in [-0.05, 0) is 24.2 Å². The molecule has 2 atom stereocenters. The van der Waals surface area contributed by atoms with Crippen LogP contribution in [-0.2, 0) is 0 Å². The van der Waals surface area contributed by atoms with Crippen LogP contribution < -0.4 is 5.73 Å². The minimum Gasteiger partial charge on any atom is -0.337 e. The van der Waals surface area contributed by atoms with Gasteiger partial charge >= 0.3 is 0 Å². The highest BCUT2D eigenvalue weighted by Gasteiger charge is 2.24. The van der Waals surface area contributed by atoms with Crippen LogP contribution >= 0.6 is 11.8 Å². The van der Waals surface area contributed by atoms with Crippen LogP contribution in [0.5, 0.6) is 0 Å². The third-order valence-electron chi connectivity index (χ3n) is 3.10. The Labute approximate surface area is 110 Å². The number of thioether (sulfide) groups is 1. The molecule has 0 saturated carbocycles. The maximum atomic E-state index is 6.13. The van der Waals surface area contributed by atoms with Crippen molar-refractivity contribution in [3.63, 3.8) is 0 Å². The summed E-state index contributed by atoms with van der Waals surface area (Å²) in [5.41, 5.74) is 7.12. The number of rotatable bonds is 3. The molecule has 1 aliphatic rings. The zero-order valence-electron chi connectivity index (χ0n) is 9.95. The van der Waals surface area contributed by atoms with E-state index in [1.165, 1.54) is 12.2 Å². The third kappa shape index (κ3) is 2.28. The summed E-state index contributed by atoms with van der Waals surface area (Å²) < 4.78 is 5.29. The summed E-state index contributed by atoms with van der Waals surface area (Å²) in [7, 11) is 0. The quantitative estimate of drug-likeness (QED) is 0.920. The lowest BCUT2D eigenvalue weighted by molar-refractivity contribution is 0.362. The van der Waals surface area contributed by atoms with Gasteiger partial charge in [-0.1, -0.05) is 35.5 Å². The lowest BCUT2D eigenvalue weighted by Gasteiger charge is -2.06. The summed E-state index contributed by atoms with van der Waals surface area (Å²) in [5, 5.41) is 4.44. The summed E-state index contributed by atoms with van der Waals surface area (Å²) in [4.78, 5) is 4.44. The second-order valence-electron chi connectivity index (χ2n) is 4.38. The van der Waals surface area contributed by atoms with Crippen molar-refractivity contribution in [2.45, 2.75) is 24.1 Å². The van der Waals surface area contributed by atoms with Crippen LogP contribution in [-0.4, -0.2) is 15.9 Å². The fraction of sp³-hybridized carbons (Fsp3) is 0.385. The van der Waals surface area contributed by atoms with Gasteiger partial charge in [0.2, 0.25) is 5.89 Å². The molecule has 1 fully saturated rings. The maximum Gasteiger partial charge on any atom is 0.248 e. The second kappa shape index (κ2) is 5.12. The molecule has 0 spiro atoms. The van der Waals surface area contributed by atoms with E-state index < -0.39 is 0 Å². The molecule has 18 heavy (non-hydrogen) atoms. The highest BCUT2D eigenvalue weighted by Crippen LogP contribution is 2.38. The topological polar surface area (TPSA) is 64.9 Å². The molecule has 1 aromatic carbocycles. The molecular formula is C13H15N3OS. The largest absolute Gasteiger partial charge is 0.337 e. The van der Waals surface area contributed by atoms with E-state index in [9.17, 15) is 0 Å². The van der Waals surface area contributed by atoms with Crippen LogP contribution in [0.3, 0.4) is 0 Å². The van der Waals surface area contributed by atoms with E-state index in [4.69, 9.17) is 10.3 Å². The van der Waals surface area contributed by atoms with Crippen molar-refractivity contribution in [3.05, 3.63) is 47.6 Å². The van der Waals surface area contributed by atoms with E-state index >= 15 is 0 Å². The minimum atomic E-state index is -0.334. The van der Waals surface area contributed by atoms with Gasteiger partial charge in [0.25, 0.3) is 0 Å². The Kier molecular flexibility index (Phi) is 3.34. The van der Waals surface area contributed by atoms with Gasteiger partial charge in [0.1, 0.15) is 6.04 Å². The zero-order chi connectivity index (χ0) is 12.4. The number of benzene rings is 1. The van der Waals surface area contributed by atoms with Crippen molar-refractivity contribution in [1.29, 1.82) is 0 Å². The van der Waals surface area contributed by atoms with Crippen molar-refractivity contribution >= 4 is 11.8 Å². The molecule has 1 aromatic heterocycles. The van der Waals surface area contributed by atoms with Gasteiger partial charge in [-0.3, -0.25) is 0 Å². The number of hydrogen-bond donors (Lipinski definition) is 1. The van der Waals surface area contributed by atoms with Crippen LogP contribution in [0, 0.1) is 0 Å². The first-order chi connectivity index (χ1) is 8.84. The molecule has 1 unspecified atom stereocenters. The van der Waals surface area contributed by atoms with Crippen LogP contribution in [0.25, 0.3) is 0 Å². The maximum absolute atomic E-state index is 6.13. The molecule has 2 aromatic rings. The van der Waals surface area contributed by atoms with Crippen LogP contribution in [0.2, 0.25) is 0 Å². The Morgan fingerprint density at radius 3 is 2.89 bits per heavy atom. The Morgan fingerprint density at radius 2 is 2.17 bits per heavy atom. The van der Waals surface area contributed by atoms with E-state index in [1.54, 1.807) is 0 Å². The van der Waals surface area contributed by atoms with Crippen LogP contribution in [0.4, 0.5) is 0 Å². The first-order valence-electron chi connectivity index (χ1n) is 6.10. The molecular weight excluding hydrogens is 246 g/mol. The van der Waals surface area contributed by atoms with Crippen molar-refractivity contribution < 1.29 is 4.52 Å². The predicted molar refractivity (Wildman–Crippen MR) is 71.2 cm³/mol. The Bertz CT molecular complexity index is 508. The molecule has 1 saturated heterocycles. The summed E-state index contributed by atoms with van der Waals surface area (Å²) >= 11 is 1.89. The molecule has 2 N–H and O–H groups in total. The zero-order valence-corrected chi connectivity index (χ0v) is 10.8. The summed E-state index contributed by atoms with van der Waals surface area (Å²) in [6.45, 7) is 0. The van der Waals surface area contributed by atoms with E-state index in [0.717, 1.165) is 17.8 Å². The van der Waals surface area contributed by atoms with E-state index in [0.29, 0.717) is 11.1 Å². The third-order valence-corrected chi connectivity index (χ3v) is 4.47. The molecule has 0 amide bonds. The molecule has 2 heterocycles. The summed E-state index contributed by atoms with van der Waals surface area (Å²) in [6, 6.07) is 9.49. The Hall–Kier alpha value is -1.33. The highest BCUT2D eigenvalue weighted by atomic mass is 32.2. The van der Waals surface area contributed by atoms with Crippen LogP contribution in [0.1, 0.15) is 41.4 Å². The van der Waals surface area contributed by atoms with E-state index in [1.807, 2.05) is 42.1 Å². The molecule has 0 bridgehead atoms. The fourth-order valence-electron chi connectivity index (χ4n) is 2.09. The van der Waals surface area contributed by atoms with Gasteiger partial charge in [-0.15, -0.1) is 0 Å². The first-order valence-corrected chi connectivity index (χ1v) is 7.15. The lowest BCUT2D eigenvalue weighted by atomic mass is 10.1.